The minimum Gasteiger partial charge on any atom is -0.394 e. The molecular formula is C17H22N6O7. The van der Waals surface area contributed by atoms with Gasteiger partial charge in [0.05, 0.1) is 32.0 Å². The summed E-state index contributed by atoms with van der Waals surface area (Å²) in [6.45, 7) is 0.861. The maximum Gasteiger partial charge on any atom is 0.222 e. The lowest BCUT2D eigenvalue weighted by molar-refractivity contribution is -0.174. The van der Waals surface area contributed by atoms with Crippen molar-refractivity contribution in [3.63, 3.8) is 0 Å². The number of fused-ring (bicyclic) bond motifs is 1. The molecule has 2 unspecified atom stereocenters. The number of ether oxygens (including phenoxy) is 4. The van der Waals surface area contributed by atoms with Crippen molar-refractivity contribution in [2.24, 2.45) is 0 Å². The SMILES string of the molecule is CC(=O)Nc1ncnc2c1ncn2[C@@H]1O[C@H](CO)C(O)C1OCOCOCCC#N. The number of aliphatic hydroxyl groups excluding tert-OH is 2. The number of hydrogen-bond acceptors (Lipinski definition) is 11. The van der Waals surface area contributed by atoms with Gasteiger partial charge in [0, 0.05) is 6.92 Å². The summed E-state index contributed by atoms with van der Waals surface area (Å²) >= 11 is 0. The summed E-state index contributed by atoms with van der Waals surface area (Å²) < 4.78 is 23.2. The summed E-state index contributed by atoms with van der Waals surface area (Å²) in [5.41, 5.74) is 0.679. The molecule has 0 radical (unpaired) electrons. The summed E-state index contributed by atoms with van der Waals surface area (Å²) in [6, 6.07) is 1.94. The number of anilines is 1. The highest BCUT2D eigenvalue weighted by molar-refractivity contribution is 5.95. The van der Waals surface area contributed by atoms with Crippen molar-refractivity contribution in [1.29, 1.82) is 5.26 Å². The highest BCUT2D eigenvalue weighted by Gasteiger charge is 2.46. The molecule has 1 aliphatic rings. The first-order valence-corrected chi connectivity index (χ1v) is 9.10. The van der Waals surface area contributed by atoms with Crippen molar-refractivity contribution in [3.8, 4) is 6.07 Å². The largest absolute Gasteiger partial charge is 0.394 e. The van der Waals surface area contributed by atoms with Gasteiger partial charge in [0.2, 0.25) is 5.91 Å². The molecule has 4 atom stereocenters. The van der Waals surface area contributed by atoms with Gasteiger partial charge in [-0.15, -0.1) is 0 Å². The van der Waals surface area contributed by atoms with Crippen LogP contribution in [-0.2, 0) is 23.7 Å². The van der Waals surface area contributed by atoms with Crippen LogP contribution in [0.2, 0.25) is 0 Å². The lowest BCUT2D eigenvalue weighted by Crippen LogP contribution is -2.36. The van der Waals surface area contributed by atoms with Gasteiger partial charge in [0.25, 0.3) is 0 Å². The third-order valence-electron chi connectivity index (χ3n) is 4.29. The molecular weight excluding hydrogens is 400 g/mol. The number of rotatable bonds is 10. The second-order valence-electron chi connectivity index (χ2n) is 6.35. The summed E-state index contributed by atoms with van der Waals surface area (Å²) in [4.78, 5) is 23.8. The molecule has 1 saturated heterocycles. The molecule has 3 N–H and O–H groups in total. The quantitative estimate of drug-likeness (QED) is 0.326. The van der Waals surface area contributed by atoms with Gasteiger partial charge >= 0.3 is 0 Å². The van der Waals surface area contributed by atoms with Crippen molar-refractivity contribution in [1.82, 2.24) is 19.5 Å². The minimum atomic E-state index is -1.14. The van der Waals surface area contributed by atoms with Gasteiger partial charge in [-0.2, -0.15) is 5.26 Å². The van der Waals surface area contributed by atoms with E-state index in [2.05, 4.69) is 20.3 Å². The summed E-state index contributed by atoms with van der Waals surface area (Å²) in [6.07, 6.45) is -0.876. The molecule has 13 nitrogen and oxygen atoms in total. The molecule has 2 aromatic rings. The average Bonchev–Trinajstić information content (AvgIpc) is 3.28. The lowest BCUT2D eigenvalue weighted by atomic mass is 10.1. The molecule has 2 aromatic heterocycles. The highest BCUT2D eigenvalue weighted by atomic mass is 16.7. The van der Waals surface area contributed by atoms with Gasteiger partial charge in [0.15, 0.2) is 23.2 Å². The van der Waals surface area contributed by atoms with E-state index in [1.54, 1.807) is 0 Å². The molecule has 1 fully saturated rings. The Morgan fingerprint density at radius 2 is 2.20 bits per heavy atom. The zero-order valence-corrected chi connectivity index (χ0v) is 16.2. The predicted octanol–water partition coefficient (Wildman–Crippen LogP) is -0.718. The summed E-state index contributed by atoms with van der Waals surface area (Å²) in [5.74, 6) is -0.0772. The second-order valence-corrected chi connectivity index (χ2v) is 6.35. The molecule has 0 spiro atoms. The Kier molecular flexibility index (Phi) is 7.57. The van der Waals surface area contributed by atoms with Gasteiger partial charge in [0.1, 0.15) is 38.2 Å². The van der Waals surface area contributed by atoms with Crippen LogP contribution in [-0.4, -0.2) is 80.8 Å². The van der Waals surface area contributed by atoms with E-state index < -0.39 is 31.1 Å². The van der Waals surface area contributed by atoms with Crippen LogP contribution in [0, 0.1) is 11.3 Å². The van der Waals surface area contributed by atoms with E-state index in [0.717, 1.165) is 0 Å². The number of nitrogens with one attached hydrogen (secondary N) is 1. The highest BCUT2D eigenvalue weighted by Crippen LogP contribution is 2.34. The normalized spacial score (nSPS) is 23.5. The van der Waals surface area contributed by atoms with E-state index >= 15 is 0 Å². The molecule has 0 aromatic carbocycles. The van der Waals surface area contributed by atoms with Gasteiger partial charge in [-0.25, -0.2) is 15.0 Å². The third-order valence-corrected chi connectivity index (χ3v) is 4.29. The Hall–Kier alpha value is -2.73. The first-order chi connectivity index (χ1) is 14.6. The van der Waals surface area contributed by atoms with Gasteiger partial charge in [-0.1, -0.05) is 0 Å². The van der Waals surface area contributed by atoms with Crippen molar-refractivity contribution >= 4 is 22.9 Å². The molecule has 3 rings (SSSR count). The van der Waals surface area contributed by atoms with Crippen LogP contribution in [0.25, 0.3) is 11.2 Å². The topological polar surface area (TPSA) is 174 Å². The number of carbonyl (C=O) groups excluding carboxylic acids is 1. The second kappa shape index (κ2) is 10.3. The number of nitrogens with zero attached hydrogens (tertiary/aromatic N) is 5. The minimum absolute atomic E-state index is 0.0826. The Morgan fingerprint density at radius 3 is 2.93 bits per heavy atom. The van der Waals surface area contributed by atoms with Crippen LogP contribution < -0.4 is 5.32 Å². The fourth-order valence-electron chi connectivity index (χ4n) is 2.97. The zero-order chi connectivity index (χ0) is 21.5. The fraction of sp³-hybridized carbons (Fsp3) is 0.588. The maximum absolute atomic E-state index is 11.4. The van der Waals surface area contributed by atoms with Crippen LogP contribution in [0.4, 0.5) is 5.82 Å². The van der Waals surface area contributed by atoms with Crippen molar-refractivity contribution in [2.45, 2.75) is 37.9 Å². The smallest absolute Gasteiger partial charge is 0.222 e. The molecule has 0 aliphatic carbocycles. The number of carbonyl (C=O) groups is 1. The maximum atomic E-state index is 11.4. The first-order valence-electron chi connectivity index (χ1n) is 9.10. The molecule has 1 aliphatic heterocycles. The lowest BCUT2D eigenvalue weighted by Gasteiger charge is -2.22. The number of aliphatic hydroxyl groups is 2. The van der Waals surface area contributed by atoms with E-state index in [9.17, 15) is 15.0 Å². The third kappa shape index (κ3) is 4.87. The Balaban J connectivity index is 1.74. The predicted molar refractivity (Wildman–Crippen MR) is 98.5 cm³/mol. The molecule has 3 heterocycles. The van der Waals surface area contributed by atoms with Crippen molar-refractivity contribution in [3.05, 3.63) is 12.7 Å². The van der Waals surface area contributed by atoms with Crippen LogP contribution in [0.3, 0.4) is 0 Å². The van der Waals surface area contributed by atoms with Crippen molar-refractivity contribution < 1.29 is 34.0 Å². The van der Waals surface area contributed by atoms with E-state index in [-0.39, 0.29) is 38.3 Å². The molecule has 0 bridgehead atoms. The van der Waals surface area contributed by atoms with Crippen LogP contribution >= 0.6 is 0 Å². The Bertz CT molecular complexity index is 900. The van der Waals surface area contributed by atoms with Gasteiger partial charge in [-0.3, -0.25) is 9.36 Å². The van der Waals surface area contributed by atoms with E-state index in [4.69, 9.17) is 24.2 Å². The molecule has 0 saturated carbocycles. The van der Waals surface area contributed by atoms with Gasteiger partial charge < -0.3 is 34.5 Å². The Morgan fingerprint density at radius 1 is 1.37 bits per heavy atom. The number of imidazole rings is 1. The number of hydrogen-bond donors (Lipinski definition) is 3. The Labute approximate surface area is 171 Å². The standard InChI is InChI=1S/C17H22N6O7/c1-10(25)22-15-12-16(20-6-19-15)23(7-21-12)17-14(13(26)11(5-24)30-17)29-9-28-8-27-4-2-3-18/h6-7,11,13-14,17,24,26H,2,4-5,8-9H2,1H3,(H,19,20,22,25)/t11-,13?,14?,17-/m1/s1. The first kappa shape index (κ1) is 22.0. The number of nitriles is 1. The van der Waals surface area contributed by atoms with E-state index in [0.29, 0.717) is 11.2 Å². The van der Waals surface area contributed by atoms with Crippen LogP contribution in [0.15, 0.2) is 12.7 Å². The van der Waals surface area contributed by atoms with Crippen LogP contribution in [0.1, 0.15) is 19.6 Å². The van der Waals surface area contributed by atoms with Gasteiger partial charge in [-0.05, 0) is 0 Å². The zero-order valence-electron chi connectivity index (χ0n) is 16.2. The fourth-order valence-corrected chi connectivity index (χ4v) is 2.97. The molecule has 1 amide bonds. The number of aromatic nitrogens is 4. The molecule has 162 valence electrons. The average molecular weight is 422 g/mol. The van der Waals surface area contributed by atoms with E-state index in [1.807, 2.05) is 6.07 Å². The molecule has 30 heavy (non-hydrogen) atoms. The number of amides is 1. The summed E-state index contributed by atoms with van der Waals surface area (Å²) in [7, 11) is 0. The van der Waals surface area contributed by atoms with Crippen LogP contribution in [0.5, 0.6) is 0 Å². The monoisotopic (exact) mass is 422 g/mol. The molecule has 13 heteroatoms. The van der Waals surface area contributed by atoms with Crippen molar-refractivity contribution in [2.75, 3.05) is 32.1 Å². The van der Waals surface area contributed by atoms with E-state index in [1.165, 1.54) is 24.1 Å². The summed E-state index contributed by atoms with van der Waals surface area (Å²) in [5, 5.41) is 31.0.